The van der Waals surface area contributed by atoms with E-state index >= 15 is 0 Å². The topological polar surface area (TPSA) is 28.7 Å². The van der Waals surface area contributed by atoms with Crippen molar-refractivity contribution in [1.29, 1.82) is 0 Å². The molecule has 0 bridgehead atoms. The van der Waals surface area contributed by atoms with Crippen molar-refractivity contribution in [2.24, 2.45) is 0 Å². The minimum atomic E-state index is 0.941. The molecule has 0 spiro atoms. The van der Waals surface area contributed by atoms with Crippen LogP contribution in [0.5, 0.6) is 0 Å². The third-order valence-corrected chi connectivity index (χ3v) is 2.51. The number of nitrogens with one attached hydrogen (secondary N) is 1. The summed E-state index contributed by atoms with van der Waals surface area (Å²) < 4.78 is 7.48. The first-order valence-electron chi connectivity index (χ1n) is 3.81. The fraction of sp³-hybridized carbons (Fsp3) is 0.111. The molecular weight excluding hydrogens is 167 g/mol. The first kappa shape index (κ1) is 7.51. The third-order valence-electron chi connectivity index (χ3n) is 1.77. The second-order valence-electron chi connectivity index (χ2n) is 2.65. The van der Waals surface area contributed by atoms with Gasteiger partial charge in [-0.1, -0.05) is 30.3 Å². The van der Waals surface area contributed by atoms with Gasteiger partial charge in [-0.15, -0.1) is 0 Å². The number of aromatic nitrogens is 2. The van der Waals surface area contributed by atoms with Gasteiger partial charge in [0.2, 0.25) is 0 Å². The highest BCUT2D eigenvalue weighted by atomic mass is 31.1. The summed E-state index contributed by atoms with van der Waals surface area (Å²) in [5.74, 6) is 0. The van der Waals surface area contributed by atoms with E-state index in [1.54, 1.807) is 0 Å². The van der Waals surface area contributed by atoms with Crippen molar-refractivity contribution in [2.45, 2.75) is 6.92 Å². The van der Waals surface area contributed by atoms with E-state index in [1.165, 1.54) is 5.56 Å². The first-order valence-corrected chi connectivity index (χ1v) is 4.66. The van der Waals surface area contributed by atoms with Crippen molar-refractivity contribution in [3.05, 3.63) is 36.0 Å². The van der Waals surface area contributed by atoms with Crippen LogP contribution in [0.25, 0.3) is 11.3 Å². The van der Waals surface area contributed by atoms with Crippen LogP contribution < -0.4 is 0 Å². The molecule has 2 rings (SSSR count). The molecule has 3 heteroatoms. The first-order chi connectivity index (χ1) is 5.88. The highest BCUT2D eigenvalue weighted by Gasteiger charge is 2.02. The normalized spacial score (nSPS) is 10.8. The average molecular weight is 176 g/mol. The summed E-state index contributed by atoms with van der Waals surface area (Å²) in [7, 11) is 0.941. The molecule has 0 aliphatic heterocycles. The zero-order valence-corrected chi connectivity index (χ0v) is 7.68. The number of aryl methyl sites for hydroxylation is 1. The van der Waals surface area contributed by atoms with E-state index in [4.69, 9.17) is 0 Å². The quantitative estimate of drug-likeness (QED) is 0.710. The third kappa shape index (κ3) is 1.26. The Hall–Kier alpha value is -1.14. The van der Waals surface area contributed by atoms with Crippen molar-refractivity contribution in [2.75, 3.05) is 0 Å². The van der Waals surface area contributed by atoms with Crippen LogP contribution in [0.3, 0.4) is 0 Å². The molecule has 12 heavy (non-hydrogen) atoms. The lowest BCUT2D eigenvalue weighted by Crippen LogP contribution is -1.79. The van der Waals surface area contributed by atoms with E-state index < -0.39 is 0 Å². The molecule has 0 saturated heterocycles. The van der Waals surface area contributed by atoms with Gasteiger partial charge in [-0.2, -0.15) is 0 Å². The molecule has 1 N–H and O–H groups in total. The Bertz CT molecular complexity index is 367. The number of hydrogen-bond donors (Lipinski definition) is 1. The highest BCUT2D eigenvalue weighted by Crippen LogP contribution is 2.21. The zero-order valence-electron chi connectivity index (χ0n) is 6.78. The van der Waals surface area contributed by atoms with Crippen molar-refractivity contribution in [1.82, 2.24) is 9.49 Å². The molecule has 1 aromatic heterocycles. The van der Waals surface area contributed by atoms with Gasteiger partial charge in [0, 0.05) is 11.3 Å². The van der Waals surface area contributed by atoms with E-state index in [0.717, 1.165) is 19.9 Å². The predicted octanol–water partition coefficient (Wildman–Crippen LogP) is 2.97. The van der Waals surface area contributed by atoms with Crippen LogP contribution in [0.2, 0.25) is 0 Å². The van der Waals surface area contributed by atoms with Crippen molar-refractivity contribution in [3.63, 3.8) is 0 Å². The van der Waals surface area contributed by atoms with Gasteiger partial charge in [0.25, 0.3) is 0 Å². The van der Waals surface area contributed by atoms with Crippen LogP contribution in [0.1, 0.15) is 5.69 Å². The highest BCUT2D eigenvalue weighted by molar-refractivity contribution is 7.20. The van der Waals surface area contributed by atoms with Crippen molar-refractivity contribution in [3.8, 4) is 11.3 Å². The van der Waals surface area contributed by atoms with Crippen LogP contribution >= 0.6 is 8.51 Å². The number of benzene rings is 1. The van der Waals surface area contributed by atoms with Crippen molar-refractivity contribution < 1.29 is 0 Å². The Balaban J connectivity index is 2.51. The van der Waals surface area contributed by atoms with Gasteiger partial charge >= 0.3 is 0 Å². The summed E-state index contributed by atoms with van der Waals surface area (Å²) in [6.07, 6.45) is 0. The van der Waals surface area contributed by atoms with E-state index in [1.807, 2.05) is 25.1 Å². The maximum atomic E-state index is 4.33. The molecule has 0 unspecified atom stereocenters. The summed E-state index contributed by atoms with van der Waals surface area (Å²) in [4.78, 5) is 0. The minimum Gasteiger partial charge on any atom is -0.325 e. The van der Waals surface area contributed by atoms with Crippen LogP contribution in [0.4, 0.5) is 0 Å². The lowest BCUT2D eigenvalue weighted by molar-refractivity contribution is 1.32. The molecule has 60 valence electrons. The number of H-pyrrole nitrogens is 1. The molecule has 1 aromatic carbocycles. The Morgan fingerprint density at radius 3 is 2.58 bits per heavy atom. The second-order valence-corrected chi connectivity index (χ2v) is 3.28. The maximum absolute atomic E-state index is 4.33. The lowest BCUT2D eigenvalue weighted by atomic mass is 10.1. The molecule has 2 aromatic rings. The molecule has 0 amide bonds. The molecule has 1 heterocycles. The smallest absolute Gasteiger partial charge is 0.130 e. The number of aromatic amines is 1. The van der Waals surface area contributed by atoms with E-state index in [9.17, 15) is 0 Å². The maximum Gasteiger partial charge on any atom is 0.130 e. The van der Waals surface area contributed by atoms with Crippen LogP contribution in [0, 0.1) is 6.92 Å². The van der Waals surface area contributed by atoms with Gasteiger partial charge in [-0.25, -0.2) is 4.75 Å². The summed E-state index contributed by atoms with van der Waals surface area (Å²) in [5.41, 5.74) is 3.42. The summed E-state index contributed by atoms with van der Waals surface area (Å²) in [6.45, 7) is 2.05. The molecular formula is C9H9N2P. The fourth-order valence-corrected chi connectivity index (χ4v) is 1.82. The Kier molecular flexibility index (Phi) is 1.92. The van der Waals surface area contributed by atoms with Gasteiger partial charge in [0.05, 0.1) is 5.69 Å². The van der Waals surface area contributed by atoms with E-state index in [0.29, 0.717) is 0 Å². The van der Waals surface area contributed by atoms with Gasteiger partial charge < -0.3 is 4.75 Å². The van der Waals surface area contributed by atoms with Crippen molar-refractivity contribution >= 4 is 8.51 Å². The predicted molar refractivity (Wildman–Crippen MR) is 51.3 cm³/mol. The summed E-state index contributed by atoms with van der Waals surface area (Å²) in [6, 6.07) is 10.2. The standard InChI is InChI=1S/C9H9N2P/c1-7-9(11-12-10-7)8-5-3-2-4-6-8/h2-6H,1H3,(H,10,11). The monoisotopic (exact) mass is 176 g/mol. The minimum absolute atomic E-state index is 0.941. The molecule has 0 fully saturated rings. The zero-order chi connectivity index (χ0) is 8.39. The number of rotatable bonds is 1. The summed E-state index contributed by atoms with van der Waals surface area (Å²) in [5, 5.41) is 0. The second kappa shape index (κ2) is 3.08. The lowest BCUT2D eigenvalue weighted by Gasteiger charge is -1.95. The molecule has 0 aliphatic carbocycles. The van der Waals surface area contributed by atoms with Gasteiger partial charge in [0.1, 0.15) is 8.51 Å². The van der Waals surface area contributed by atoms with Gasteiger partial charge in [0.15, 0.2) is 0 Å². The number of nitrogens with zero attached hydrogens (tertiary/aromatic N) is 1. The van der Waals surface area contributed by atoms with E-state index in [-0.39, 0.29) is 0 Å². The molecule has 0 atom stereocenters. The molecule has 2 nitrogen and oxygen atoms in total. The SMILES string of the molecule is Cc1[nH]pnc1-c1ccccc1. The Morgan fingerprint density at radius 1 is 1.25 bits per heavy atom. The molecule has 0 saturated carbocycles. The molecule has 0 aliphatic rings. The van der Waals surface area contributed by atoms with Crippen LogP contribution in [-0.2, 0) is 0 Å². The Morgan fingerprint density at radius 2 is 2.00 bits per heavy atom. The van der Waals surface area contributed by atoms with E-state index in [2.05, 4.69) is 21.6 Å². The fourth-order valence-electron chi connectivity index (χ4n) is 1.15. The average Bonchev–Trinajstić information content (AvgIpc) is 2.53. The largest absolute Gasteiger partial charge is 0.325 e. The van der Waals surface area contributed by atoms with Crippen LogP contribution in [0.15, 0.2) is 30.3 Å². The summed E-state index contributed by atoms with van der Waals surface area (Å²) >= 11 is 0. The van der Waals surface area contributed by atoms with Gasteiger partial charge in [-0.3, -0.25) is 0 Å². The van der Waals surface area contributed by atoms with Gasteiger partial charge in [-0.05, 0) is 6.92 Å². The molecule has 0 radical (unpaired) electrons. The van der Waals surface area contributed by atoms with Crippen LogP contribution in [-0.4, -0.2) is 9.49 Å². The Labute approximate surface area is 72.9 Å². The number of hydrogen-bond acceptors (Lipinski definition) is 1.